The van der Waals surface area contributed by atoms with Gasteiger partial charge in [0.05, 0.1) is 11.6 Å². The summed E-state index contributed by atoms with van der Waals surface area (Å²) in [5.41, 5.74) is 0.777. The fourth-order valence-electron chi connectivity index (χ4n) is 0.741. The smallest absolute Gasteiger partial charge is 0.297 e. The van der Waals surface area contributed by atoms with Crippen molar-refractivity contribution in [3.05, 3.63) is 12.0 Å². The zero-order valence-electron chi connectivity index (χ0n) is 7.54. The Morgan fingerprint density at radius 3 is 2.75 bits per heavy atom. The van der Waals surface area contributed by atoms with Crippen LogP contribution in [0.3, 0.4) is 0 Å². The standard InChI is InChI=1S/C8H13ClN2O/c1-6(2)11(3)8-10-7(4-9)5-12-8/h5-6H,4H2,1-3H3. The lowest BCUT2D eigenvalue weighted by Gasteiger charge is -2.18. The monoisotopic (exact) mass is 188 g/mol. The van der Waals surface area contributed by atoms with Crippen LogP contribution in [0.5, 0.6) is 0 Å². The molecule has 0 aliphatic carbocycles. The summed E-state index contributed by atoms with van der Waals surface area (Å²) in [6.07, 6.45) is 1.58. The van der Waals surface area contributed by atoms with Crippen LogP contribution < -0.4 is 4.90 Å². The third-order valence-electron chi connectivity index (χ3n) is 1.75. The van der Waals surface area contributed by atoms with Gasteiger partial charge in [0.15, 0.2) is 0 Å². The Morgan fingerprint density at radius 2 is 2.33 bits per heavy atom. The largest absolute Gasteiger partial charge is 0.432 e. The fourth-order valence-corrected chi connectivity index (χ4v) is 0.863. The van der Waals surface area contributed by atoms with Crippen LogP contribution in [-0.2, 0) is 5.88 Å². The number of oxazole rings is 1. The van der Waals surface area contributed by atoms with Gasteiger partial charge in [-0.15, -0.1) is 11.6 Å². The van der Waals surface area contributed by atoms with Crippen LogP contribution in [0.2, 0.25) is 0 Å². The number of anilines is 1. The summed E-state index contributed by atoms with van der Waals surface area (Å²) in [7, 11) is 1.94. The predicted molar refractivity (Wildman–Crippen MR) is 49.6 cm³/mol. The van der Waals surface area contributed by atoms with Crippen molar-refractivity contribution in [2.24, 2.45) is 0 Å². The van der Waals surface area contributed by atoms with Crippen LogP contribution in [0.4, 0.5) is 6.01 Å². The third kappa shape index (κ3) is 1.91. The molecular formula is C8H13ClN2O. The molecule has 0 radical (unpaired) electrons. The van der Waals surface area contributed by atoms with Gasteiger partial charge in [0.25, 0.3) is 6.01 Å². The average Bonchev–Trinajstić information content (AvgIpc) is 2.50. The molecule has 0 fully saturated rings. The highest BCUT2D eigenvalue weighted by Gasteiger charge is 2.10. The SMILES string of the molecule is CC(C)N(C)c1nc(CCl)co1. The average molecular weight is 189 g/mol. The maximum absolute atomic E-state index is 5.58. The van der Waals surface area contributed by atoms with Crippen LogP contribution in [0.1, 0.15) is 19.5 Å². The van der Waals surface area contributed by atoms with E-state index in [4.69, 9.17) is 16.0 Å². The molecule has 12 heavy (non-hydrogen) atoms. The molecule has 0 aliphatic heterocycles. The molecule has 0 atom stereocenters. The zero-order valence-corrected chi connectivity index (χ0v) is 8.30. The first-order valence-electron chi connectivity index (χ1n) is 3.88. The van der Waals surface area contributed by atoms with E-state index in [1.807, 2.05) is 11.9 Å². The second-order valence-corrected chi connectivity index (χ2v) is 3.23. The molecule has 1 aromatic heterocycles. The summed E-state index contributed by atoms with van der Waals surface area (Å²) < 4.78 is 5.21. The molecule has 4 heteroatoms. The van der Waals surface area contributed by atoms with Crippen molar-refractivity contribution in [2.75, 3.05) is 11.9 Å². The molecule has 0 amide bonds. The molecule has 0 saturated heterocycles. The van der Waals surface area contributed by atoms with Crippen molar-refractivity contribution in [3.63, 3.8) is 0 Å². The molecule has 68 valence electrons. The summed E-state index contributed by atoms with van der Waals surface area (Å²) in [6.45, 7) is 4.15. The van der Waals surface area contributed by atoms with E-state index in [0.29, 0.717) is 17.9 Å². The van der Waals surface area contributed by atoms with Gasteiger partial charge in [-0.05, 0) is 13.8 Å². The summed E-state index contributed by atoms with van der Waals surface area (Å²) in [4.78, 5) is 6.13. The van der Waals surface area contributed by atoms with E-state index < -0.39 is 0 Å². The fraction of sp³-hybridized carbons (Fsp3) is 0.625. The molecule has 0 saturated carbocycles. The molecular weight excluding hydrogens is 176 g/mol. The summed E-state index contributed by atoms with van der Waals surface area (Å²) >= 11 is 5.58. The molecule has 1 heterocycles. The summed E-state index contributed by atoms with van der Waals surface area (Å²) in [6, 6.07) is 1.01. The molecule has 0 spiro atoms. The normalized spacial score (nSPS) is 10.8. The van der Waals surface area contributed by atoms with E-state index in [0.717, 1.165) is 5.69 Å². The molecule has 0 unspecified atom stereocenters. The second kappa shape index (κ2) is 3.81. The quantitative estimate of drug-likeness (QED) is 0.682. The van der Waals surface area contributed by atoms with Gasteiger partial charge in [0.2, 0.25) is 0 Å². The third-order valence-corrected chi connectivity index (χ3v) is 2.03. The number of halogens is 1. The highest BCUT2D eigenvalue weighted by Crippen LogP contribution is 2.14. The number of aromatic nitrogens is 1. The van der Waals surface area contributed by atoms with E-state index in [-0.39, 0.29) is 0 Å². The highest BCUT2D eigenvalue weighted by molar-refractivity contribution is 6.16. The van der Waals surface area contributed by atoms with Gasteiger partial charge in [-0.2, -0.15) is 4.98 Å². The Hall–Kier alpha value is -0.700. The van der Waals surface area contributed by atoms with E-state index in [2.05, 4.69) is 18.8 Å². The van der Waals surface area contributed by atoms with Gasteiger partial charge in [-0.3, -0.25) is 0 Å². The Bertz CT molecular complexity index is 247. The minimum Gasteiger partial charge on any atom is -0.432 e. The van der Waals surface area contributed by atoms with Crippen LogP contribution in [0.25, 0.3) is 0 Å². The van der Waals surface area contributed by atoms with Gasteiger partial charge in [0, 0.05) is 13.1 Å². The highest BCUT2D eigenvalue weighted by atomic mass is 35.5. The van der Waals surface area contributed by atoms with E-state index >= 15 is 0 Å². The van der Waals surface area contributed by atoms with Crippen LogP contribution in [0, 0.1) is 0 Å². The predicted octanol–water partition coefficient (Wildman–Crippen LogP) is 2.26. The van der Waals surface area contributed by atoms with E-state index in [1.54, 1.807) is 6.26 Å². The summed E-state index contributed by atoms with van der Waals surface area (Å²) in [5, 5.41) is 0. The Labute approximate surface area is 77.3 Å². The van der Waals surface area contributed by atoms with Crippen molar-refractivity contribution < 1.29 is 4.42 Å². The van der Waals surface area contributed by atoms with Crippen LogP contribution in [-0.4, -0.2) is 18.1 Å². The number of hydrogen-bond donors (Lipinski definition) is 0. The van der Waals surface area contributed by atoms with Crippen molar-refractivity contribution in [2.45, 2.75) is 25.8 Å². The lowest BCUT2D eigenvalue weighted by molar-refractivity contribution is 0.529. The topological polar surface area (TPSA) is 29.3 Å². The van der Waals surface area contributed by atoms with Gasteiger partial charge in [0.1, 0.15) is 6.26 Å². The number of alkyl halides is 1. The first-order chi connectivity index (χ1) is 5.65. The van der Waals surface area contributed by atoms with Gasteiger partial charge in [-0.1, -0.05) is 0 Å². The molecule has 0 N–H and O–H groups in total. The molecule has 3 nitrogen and oxygen atoms in total. The van der Waals surface area contributed by atoms with E-state index in [9.17, 15) is 0 Å². The second-order valence-electron chi connectivity index (χ2n) is 2.96. The summed E-state index contributed by atoms with van der Waals surface area (Å²) in [5.74, 6) is 0.398. The van der Waals surface area contributed by atoms with Crippen molar-refractivity contribution in [3.8, 4) is 0 Å². The molecule has 0 bridgehead atoms. The maximum atomic E-state index is 5.58. The Morgan fingerprint density at radius 1 is 1.67 bits per heavy atom. The first kappa shape index (κ1) is 9.39. The number of rotatable bonds is 3. The van der Waals surface area contributed by atoms with Gasteiger partial charge < -0.3 is 9.32 Å². The van der Waals surface area contributed by atoms with Gasteiger partial charge in [-0.25, -0.2) is 0 Å². The number of nitrogens with zero attached hydrogens (tertiary/aromatic N) is 2. The number of hydrogen-bond acceptors (Lipinski definition) is 3. The van der Waals surface area contributed by atoms with Crippen molar-refractivity contribution in [1.29, 1.82) is 0 Å². The van der Waals surface area contributed by atoms with Crippen LogP contribution in [0.15, 0.2) is 10.7 Å². The maximum Gasteiger partial charge on any atom is 0.297 e. The minimum atomic E-state index is 0.381. The molecule has 0 aliphatic rings. The molecule has 1 rings (SSSR count). The minimum absolute atomic E-state index is 0.381. The van der Waals surface area contributed by atoms with Crippen molar-refractivity contribution in [1.82, 2.24) is 4.98 Å². The van der Waals surface area contributed by atoms with Crippen molar-refractivity contribution >= 4 is 17.6 Å². The zero-order chi connectivity index (χ0) is 9.14. The van der Waals surface area contributed by atoms with E-state index in [1.165, 1.54) is 0 Å². The molecule has 0 aromatic carbocycles. The lowest BCUT2D eigenvalue weighted by atomic mass is 10.4. The van der Waals surface area contributed by atoms with Crippen LogP contribution >= 0.6 is 11.6 Å². The first-order valence-corrected chi connectivity index (χ1v) is 4.41. The lowest BCUT2D eigenvalue weighted by Crippen LogP contribution is -2.25. The van der Waals surface area contributed by atoms with Gasteiger partial charge >= 0.3 is 0 Å². The molecule has 1 aromatic rings. The Kier molecular flexibility index (Phi) is 2.98. The Balaban J connectivity index is 2.74.